The summed E-state index contributed by atoms with van der Waals surface area (Å²) < 4.78 is 16.4. The third-order valence-electron chi connectivity index (χ3n) is 3.01. The molecular formula is C13H31NO3Si. The van der Waals surface area contributed by atoms with Crippen LogP contribution in [0.15, 0.2) is 0 Å². The van der Waals surface area contributed by atoms with Crippen LogP contribution >= 0.6 is 0 Å². The molecule has 0 aromatic heterocycles. The molecule has 0 unspecified atom stereocenters. The first-order valence-corrected chi connectivity index (χ1v) is 7.80. The number of rotatable bonds is 12. The predicted octanol–water partition coefficient (Wildman–Crippen LogP) is 1.52. The molecule has 0 amide bonds. The third-order valence-corrected chi connectivity index (χ3v) is 4.12. The van der Waals surface area contributed by atoms with E-state index >= 15 is 0 Å². The molecule has 0 heterocycles. The largest absolute Gasteiger partial charge is 0.423 e. The van der Waals surface area contributed by atoms with Gasteiger partial charge in [-0.1, -0.05) is 0 Å². The molecule has 0 bridgehead atoms. The quantitative estimate of drug-likeness (QED) is 0.307. The lowest BCUT2D eigenvalue weighted by atomic mass is 10.0. The fourth-order valence-corrected chi connectivity index (χ4v) is 1.80. The topological polar surface area (TPSA) is 30.9 Å². The summed E-state index contributed by atoms with van der Waals surface area (Å²) in [5.41, 5.74) is 0.0525. The Hall–Kier alpha value is 0.0569. The molecule has 18 heavy (non-hydrogen) atoms. The van der Waals surface area contributed by atoms with E-state index in [2.05, 4.69) is 18.7 Å². The second-order valence-electron chi connectivity index (χ2n) is 5.06. The highest BCUT2D eigenvalue weighted by Crippen LogP contribution is 2.16. The Kier molecular flexibility index (Phi) is 11.0. The minimum absolute atomic E-state index is 0.0525. The Morgan fingerprint density at radius 3 is 2.00 bits per heavy atom. The lowest BCUT2D eigenvalue weighted by Gasteiger charge is -2.25. The Bertz CT molecular complexity index is 183. The van der Waals surface area contributed by atoms with Crippen LogP contribution in [-0.2, 0) is 13.9 Å². The molecular weight excluding hydrogens is 246 g/mol. The third kappa shape index (κ3) is 10.0. The van der Waals surface area contributed by atoms with Gasteiger partial charge in [0.1, 0.15) is 23.9 Å². The summed E-state index contributed by atoms with van der Waals surface area (Å²) >= 11 is 0. The number of unbranched alkanes of at least 4 members (excludes halogenated alkanes) is 1. The van der Waals surface area contributed by atoms with Crippen molar-refractivity contribution in [2.75, 3.05) is 33.2 Å². The zero-order valence-corrected chi connectivity index (χ0v) is 14.8. The van der Waals surface area contributed by atoms with Crippen molar-refractivity contribution in [1.29, 1.82) is 0 Å². The van der Waals surface area contributed by atoms with Gasteiger partial charge in [-0.25, -0.2) is 0 Å². The van der Waals surface area contributed by atoms with Gasteiger partial charge in [-0.3, -0.25) is 4.90 Å². The highest BCUT2D eigenvalue weighted by molar-refractivity contribution is 5.98. The van der Waals surface area contributed by atoms with Gasteiger partial charge < -0.3 is 13.9 Å². The van der Waals surface area contributed by atoms with Crippen molar-refractivity contribution in [1.82, 2.24) is 4.90 Å². The number of hydrogen-bond acceptors (Lipinski definition) is 4. The monoisotopic (exact) mass is 277 g/mol. The highest BCUT2D eigenvalue weighted by atomic mass is 28.2. The van der Waals surface area contributed by atoms with Crippen LogP contribution in [0.2, 0.25) is 0 Å². The zero-order valence-electron chi connectivity index (χ0n) is 12.8. The lowest BCUT2D eigenvalue weighted by Crippen LogP contribution is -2.30. The molecule has 4 nitrogen and oxygen atoms in total. The van der Waals surface area contributed by atoms with Crippen LogP contribution in [0.3, 0.4) is 0 Å². The van der Waals surface area contributed by atoms with E-state index in [1.54, 1.807) is 0 Å². The number of ether oxygens (including phenoxy) is 2. The molecule has 0 spiro atoms. The van der Waals surface area contributed by atoms with E-state index in [0.29, 0.717) is 13.5 Å². The van der Waals surface area contributed by atoms with Crippen molar-refractivity contribution in [2.45, 2.75) is 52.6 Å². The van der Waals surface area contributed by atoms with Gasteiger partial charge in [-0.15, -0.1) is 0 Å². The maximum Gasteiger partial charge on any atom is 0.146 e. The van der Waals surface area contributed by atoms with E-state index in [1.165, 1.54) is 6.42 Å². The van der Waals surface area contributed by atoms with Crippen molar-refractivity contribution in [2.24, 2.45) is 0 Å². The maximum atomic E-state index is 5.55. The zero-order chi connectivity index (χ0) is 13.9. The van der Waals surface area contributed by atoms with Crippen molar-refractivity contribution >= 4 is 10.5 Å². The normalized spacial score (nSPS) is 12.5. The summed E-state index contributed by atoms with van der Waals surface area (Å²) in [6, 6.07) is 0. The van der Waals surface area contributed by atoms with Crippen LogP contribution in [0.25, 0.3) is 0 Å². The molecule has 0 radical (unpaired) electrons. The van der Waals surface area contributed by atoms with Crippen LogP contribution in [0.1, 0.15) is 47.0 Å². The molecule has 0 N–H and O–H groups in total. The van der Waals surface area contributed by atoms with Crippen LogP contribution in [0, 0.1) is 0 Å². The van der Waals surface area contributed by atoms with Gasteiger partial charge in [0.15, 0.2) is 0 Å². The summed E-state index contributed by atoms with van der Waals surface area (Å²) in [4.78, 5) is 2.21. The first kappa shape index (κ1) is 18.1. The predicted molar refractivity (Wildman–Crippen MR) is 78.6 cm³/mol. The summed E-state index contributed by atoms with van der Waals surface area (Å²) in [6.07, 6.45) is 3.46. The molecule has 110 valence electrons. The molecule has 5 heteroatoms. The van der Waals surface area contributed by atoms with Crippen LogP contribution in [0.4, 0.5) is 0 Å². The van der Waals surface area contributed by atoms with E-state index in [9.17, 15) is 0 Å². The fraction of sp³-hybridized carbons (Fsp3) is 1.00. The van der Waals surface area contributed by atoms with Gasteiger partial charge in [0.25, 0.3) is 0 Å². The second-order valence-corrected chi connectivity index (χ2v) is 5.47. The summed E-state index contributed by atoms with van der Waals surface area (Å²) in [5.74, 6) is 0. The lowest BCUT2D eigenvalue weighted by molar-refractivity contribution is -0.0400. The van der Waals surface area contributed by atoms with Crippen molar-refractivity contribution in [3.63, 3.8) is 0 Å². The first-order valence-electron chi connectivity index (χ1n) is 6.98. The molecule has 0 fully saturated rings. The number of hydrogen-bond donors (Lipinski definition) is 0. The van der Waals surface area contributed by atoms with Crippen molar-refractivity contribution in [3.05, 3.63) is 0 Å². The van der Waals surface area contributed by atoms with Gasteiger partial charge >= 0.3 is 0 Å². The van der Waals surface area contributed by atoms with E-state index in [-0.39, 0.29) is 5.60 Å². The van der Waals surface area contributed by atoms with E-state index < -0.39 is 0 Å². The molecule has 0 aromatic rings. The van der Waals surface area contributed by atoms with Gasteiger partial charge in [-0.05, 0) is 47.0 Å². The summed E-state index contributed by atoms with van der Waals surface area (Å²) in [5, 5.41) is 0. The van der Waals surface area contributed by atoms with Gasteiger partial charge in [-0.2, -0.15) is 0 Å². The minimum atomic E-state index is 0.0525. The van der Waals surface area contributed by atoms with Crippen LogP contribution in [-0.4, -0.2) is 54.2 Å². The van der Waals surface area contributed by atoms with Crippen LogP contribution < -0.4 is 0 Å². The Labute approximate surface area is 116 Å². The molecule has 0 atom stereocenters. The summed E-state index contributed by atoms with van der Waals surface area (Å²) in [7, 11) is 0.815. The van der Waals surface area contributed by atoms with E-state index in [1.807, 2.05) is 13.8 Å². The highest BCUT2D eigenvalue weighted by Gasteiger charge is 2.14. The Morgan fingerprint density at radius 1 is 1.00 bits per heavy atom. The molecule has 0 saturated carbocycles. The fourth-order valence-electron chi connectivity index (χ4n) is 1.60. The smallest absolute Gasteiger partial charge is 0.146 e. The molecule has 0 saturated heterocycles. The van der Waals surface area contributed by atoms with E-state index in [0.717, 1.165) is 43.1 Å². The maximum absolute atomic E-state index is 5.55. The van der Waals surface area contributed by atoms with Gasteiger partial charge in [0.2, 0.25) is 0 Å². The molecule has 0 aliphatic rings. The van der Waals surface area contributed by atoms with Gasteiger partial charge in [0.05, 0.1) is 0 Å². The molecule has 0 aliphatic heterocycles. The SMILES string of the molecule is CCOCN(CCCCC(C)(C)O[SiH3])COCC. The molecule has 0 aromatic carbocycles. The van der Waals surface area contributed by atoms with Crippen molar-refractivity contribution < 1.29 is 13.9 Å². The van der Waals surface area contributed by atoms with Crippen LogP contribution in [0.5, 0.6) is 0 Å². The molecule has 0 aliphatic carbocycles. The Balaban J connectivity index is 3.73. The van der Waals surface area contributed by atoms with E-state index in [4.69, 9.17) is 13.9 Å². The standard InChI is InChI=1S/C13H31NO3Si/c1-5-15-11-14(12-16-6-2)10-8-7-9-13(3,4)17-18/h5-12H2,1-4,18H3. The average Bonchev–Trinajstić information content (AvgIpc) is 2.36. The Morgan fingerprint density at radius 2 is 1.56 bits per heavy atom. The van der Waals surface area contributed by atoms with Gasteiger partial charge in [0, 0.05) is 25.4 Å². The summed E-state index contributed by atoms with van der Waals surface area (Å²) in [6.45, 7) is 12.2. The average molecular weight is 277 g/mol. The minimum Gasteiger partial charge on any atom is -0.423 e. The second kappa shape index (κ2) is 10.9. The van der Waals surface area contributed by atoms with Crippen molar-refractivity contribution in [3.8, 4) is 0 Å². The molecule has 0 rings (SSSR count). The first-order chi connectivity index (χ1) is 8.55. The number of nitrogens with zero attached hydrogens (tertiary/aromatic N) is 1.